The standard InChI is InChI=1S/C21H20N6O/c1-26-10-12-4-2-5-15(18(12)21(26)28)23-17-7-3-6-16(24-17)20-25-22-11-27(20)19-13-8-14(19)9-13/h2-7,11,13-14,19H,8-10H2,1H3,(H,23,24). The number of rotatable bonds is 4. The highest BCUT2D eigenvalue weighted by Gasteiger charge is 2.54. The van der Waals surface area contributed by atoms with E-state index in [1.807, 2.05) is 49.8 Å². The molecule has 1 aliphatic heterocycles. The zero-order valence-corrected chi connectivity index (χ0v) is 15.5. The number of carbonyl (C=O) groups is 1. The topological polar surface area (TPSA) is 75.9 Å². The van der Waals surface area contributed by atoms with Crippen molar-refractivity contribution in [3.8, 4) is 11.5 Å². The van der Waals surface area contributed by atoms with Crippen molar-refractivity contribution >= 4 is 17.4 Å². The molecule has 0 radical (unpaired) electrons. The number of aromatic nitrogens is 4. The van der Waals surface area contributed by atoms with Gasteiger partial charge in [0.1, 0.15) is 17.8 Å². The zero-order valence-electron chi connectivity index (χ0n) is 15.5. The Morgan fingerprint density at radius 1 is 1.11 bits per heavy atom. The molecule has 3 aliphatic carbocycles. The van der Waals surface area contributed by atoms with Gasteiger partial charge in [-0.1, -0.05) is 18.2 Å². The number of hydrogen-bond acceptors (Lipinski definition) is 5. The fourth-order valence-corrected chi connectivity index (χ4v) is 4.73. The highest BCUT2D eigenvalue weighted by Crippen LogP contribution is 2.61. The van der Waals surface area contributed by atoms with Crippen molar-refractivity contribution in [1.82, 2.24) is 24.6 Å². The van der Waals surface area contributed by atoms with Crippen molar-refractivity contribution in [3.63, 3.8) is 0 Å². The predicted molar refractivity (Wildman–Crippen MR) is 104 cm³/mol. The van der Waals surface area contributed by atoms with Gasteiger partial charge in [-0.2, -0.15) is 0 Å². The van der Waals surface area contributed by atoms with E-state index in [4.69, 9.17) is 4.98 Å². The second-order valence-electron chi connectivity index (χ2n) is 8.08. The van der Waals surface area contributed by atoms with E-state index >= 15 is 0 Å². The third-order valence-electron chi connectivity index (χ3n) is 6.43. The van der Waals surface area contributed by atoms with Gasteiger partial charge in [0, 0.05) is 19.6 Å². The first-order valence-corrected chi connectivity index (χ1v) is 9.70. The second kappa shape index (κ2) is 5.64. The maximum absolute atomic E-state index is 12.5. The van der Waals surface area contributed by atoms with Gasteiger partial charge in [-0.3, -0.25) is 4.79 Å². The minimum Gasteiger partial charge on any atom is -0.340 e. The normalized spacial score (nSPS) is 24.5. The van der Waals surface area contributed by atoms with E-state index in [0.717, 1.165) is 40.2 Å². The molecule has 3 aromatic rings. The summed E-state index contributed by atoms with van der Waals surface area (Å²) in [6.07, 6.45) is 4.50. The van der Waals surface area contributed by atoms with Crippen LogP contribution >= 0.6 is 0 Å². The third-order valence-corrected chi connectivity index (χ3v) is 6.43. The lowest BCUT2D eigenvalue weighted by Gasteiger charge is -2.58. The molecule has 1 N–H and O–H groups in total. The highest BCUT2D eigenvalue weighted by molar-refractivity contribution is 6.03. The van der Waals surface area contributed by atoms with Crippen LogP contribution in [0.5, 0.6) is 0 Å². The Bertz CT molecular complexity index is 1090. The number of fused-ring (bicyclic) bond motifs is 1. The number of pyridine rings is 1. The lowest BCUT2D eigenvalue weighted by atomic mass is 9.52. The van der Waals surface area contributed by atoms with Crippen molar-refractivity contribution in [2.75, 3.05) is 12.4 Å². The lowest BCUT2D eigenvalue weighted by Crippen LogP contribution is -2.51. The molecule has 3 heterocycles. The Balaban J connectivity index is 1.33. The molecule has 0 unspecified atom stereocenters. The molecule has 3 saturated carbocycles. The Labute approximate surface area is 162 Å². The molecule has 0 spiro atoms. The van der Waals surface area contributed by atoms with Crippen molar-refractivity contribution in [2.45, 2.75) is 25.4 Å². The number of anilines is 2. The summed E-state index contributed by atoms with van der Waals surface area (Å²) in [6.45, 7) is 0.643. The van der Waals surface area contributed by atoms with Crippen molar-refractivity contribution in [3.05, 3.63) is 53.9 Å². The molecular formula is C21H20N6O. The van der Waals surface area contributed by atoms with Gasteiger partial charge in [0.25, 0.3) is 5.91 Å². The number of nitrogens with one attached hydrogen (secondary N) is 1. The minimum absolute atomic E-state index is 0.0400. The van der Waals surface area contributed by atoms with Crippen LogP contribution in [0.15, 0.2) is 42.7 Å². The van der Waals surface area contributed by atoms with Crippen LogP contribution in [0, 0.1) is 11.8 Å². The molecule has 7 heteroatoms. The summed E-state index contributed by atoms with van der Waals surface area (Å²) in [7, 11) is 1.82. The summed E-state index contributed by atoms with van der Waals surface area (Å²) in [5, 5.41) is 11.8. The molecule has 1 amide bonds. The molecule has 2 aromatic heterocycles. The van der Waals surface area contributed by atoms with Gasteiger partial charge in [-0.25, -0.2) is 4.98 Å². The summed E-state index contributed by atoms with van der Waals surface area (Å²) in [6, 6.07) is 12.3. The molecule has 7 rings (SSSR count). The number of hydrogen-bond donors (Lipinski definition) is 1. The van der Waals surface area contributed by atoms with E-state index in [1.54, 1.807) is 4.90 Å². The molecule has 2 bridgehead atoms. The van der Waals surface area contributed by atoms with Gasteiger partial charge in [0.2, 0.25) is 0 Å². The molecule has 3 fully saturated rings. The molecule has 140 valence electrons. The maximum Gasteiger partial charge on any atom is 0.256 e. The average Bonchev–Trinajstić information content (AvgIpc) is 3.18. The van der Waals surface area contributed by atoms with Gasteiger partial charge in [-0.05, 0) is 48.4 Å². The van der Waals surface area contributed by atoms with Crippen LogP contribution in [-0.4, -0.2) is 37.6 Å². The molecule has 28 heavy (non-hydrogen) atoms. The van der Waals surface area contributed by atoms with Crippen molar-refractivity contribution in [1.29, 1.82) is 0 Å². The van der Waals surface area contributed by atoms with E-state index in [1.165, 1.54) is 12.8 Å². The summed E-state index contributed by atoms with van der Waals surface area (Å²) in [5.74, 6) is 3.10. The Morgan fingerprint density at radius 3 is 2.71 bits per heavy atom. The van der Waals surface area contributed by atoms with Crippen LogP contribution in [0.1, 0.15) is 34.8 Å². The van der Waals surface area contributed by atoms with Crippen LogP contribution in [0.2, 0.25) is 0 Å². The van der Waals surface area contributed by atoms with Gasteiger partial charge in [0.05, 0.1) is 11.3 Å². The largest absolute Gasteiger partial charge is 0.340 e. The van der Waals surface area contributed by atoms with E-state index in [-0.39, 0.29) is 5.91 Å². The molecule has 1 aromatic carbocycles. The quantitative estimate of drug-likeness (QED) is 0.761. The SMILES string of the molecule is CN1Cc2cccc(Nc3cccc(-c4nncn4C4C5CC4C5)n3)c2C1=O. The fourth-order valence-electron chi connectivity index (χ4n) is 4.73. The summed E-state index contributed by atoms with van der Waals surface area (Å²) in [4.78, 5) is 19.0. The summed E-state index contributed by atoms with van der Waals surface area (Å²) < 4.78 is 2.19. The fraction of sp³-hybridized carbons (Fsp3) is 0.333. The van der Waals surface area contributed by atoms with Crippen molar-refractivity contribution < 1.29 is 4.79 Å². The Morgan fingerprint density at radius 2 is 1.93 bits per heavy atom. The molecule has 7 nitrogen and oxygen atoms in total. The van der Waals surface area contributed by atoms with Crippen molar-refractivity contribution in [2.24, 2.45) is 11.8 Å². The van der Waals surface area contributed by atoms with Gasteiger partial charge in [0.15, 0.2) is 5.82 Å². The van der Waals surface area contributed by atoms with Crippen LogP contribution < -0.4 is 5.32 Å². The van der Waals surface area contributed by atoms with Crippen LogP contribution in [-0.2, 0) is 6.54 Å². The Hall–Kier alpha value is -3.22. The van der Waals surface area contributed by atoms with Gasteiger partial charge in [-0.15, -0.1) is 10.2 Å². The summed E-state index contributed by atoms with van der Waals surface area (Å²) in [5.41, 5.74) is 3.36. The first kappa shape index (κ1) is 15.8. The van der Waals surface area contributed by atoms with Gasteiger partial charge < -0.3 is 14.8 Å². The van der Waals surface area contributed by atoms with E-state index in [9.17, 15) is 4.79 Å². The highest BCUT2D eigenvalue weighted by atomic mass is 16.2. The van der Waals surface area contributed by atoms with Crippen LogP contribution in [0.3, 0.4) is 0 Å². The zero-order chi connectivity index (χ0) is 18.8. The smallest absolute Gasteiger partial charge is 0.256 e. The van der Waals surface area contributed by atoms with Gasteiger partial charge >= 0.3 is 0 Å². The monoisotopic (exact) mass is 372 g/mol. The lowest BCUT2D eigenvalue weighted by molar-refractivity contribution is -0.0666. The average molecular weight is 372 g/mol. The predicted octanol–water partition coefficient (Wildman–Crippen LogP) is 3.25. The first-order chi connectivity index (χ1) is 13.7. The summed E-state index contributed by atoms with van der Waals surface area (Å²) >= 11 is 0. The molecule has 0 atom stereocenters. The van der Waals surface area contributed by atoms with E-state index < -0.39 is 0 Å². The molecule has 4 aliphatic rings. The minimum atomic E-state index is 0.0400. The van der Waals surface area contributed by atoms with E-state index in [0.29, 0.717) is 18.4 Å². The number of nitrogens with zero attached hydrogens (tertiary/aromatic N) is 5. The Kier molecular flexibility index (Phi) is 3.18. The molecular weight excluding hydrogens is 352 g/mol. The van der Waals surface area contributed by atoms with Crippen LogP contribution in [0.4, 0.5) is 11.5 Å². The van der Waals surface area contributed by atoms with Crippen LogP contribution in [0.25, 0.3) is 11.5 Å². The maximum atomic E-state index is 12.5. The molecule has 0 saturated heterocycles. The second-order valence-corrected chi connectivity index (χ2v) is 8.08. The number of carbonyl (C=O) groups excluding carboxylic acids is 1. The number of benzene rings is 1. The first-order valence-electron chi connectivity index (χ1n) is 9.70. The van der Waals surface area contributed by atoms with E-state index in [2.05, 4.69) is 20.1 Å². The third kappa shape index (κ3) is 2.16. The number of amides is 1.